The molecule has 1 fully saturated rings. The van der Waals surface area contributed by atoms with Gasteiger partial charge in [-0.15, -0.1) is 0 Å². The number of ketones is 1. The van der Waals surface area contributed by atoms with Gasteiger partial charge in [-0.2, -0.15) is 0 Å². The Morgan fingerprint density at radius 1 is 1.32 bits per heavy atom. The summed E-state index contributed by atoms with van der Waals surface area (Å²) in [5.41, 5.74) is 0.359. The molecule has 19 heavy (non-hydrogen) atoms. The molecule has 1 aromatic rings. The molecular weight excluding hydrogens is 247 g/mol. The second kappa shape index (κ2) is 6.15. The van der Waals surface area contributed by atoms with Gasteiger partial charge in [0.25, 0.3) is 0 Å². The minimum atomic E-state index is -0.550. The monoisotopic (exact) mass is 266 g/mol. The van der Waals surface area contributed by atoms with Crippen molar-refractivity contribution in [2.75, 3.05) is 0 Å². The van der Waals surface area contributed by atoms with Gasteiger partial charge in [-0.25, -0.2) is 4.39 Å². The Balaban J connectivity index is 2.21. The Kier molecular flexibility index (Phi) is 4.53. The van der Waals surface area contributed by atoms with Crippen molar-refractivity contribution in [2.45, 2.75) is 51.2 Å². The van der Waals surface area contributed by atoms with E-state index in [2.05, 4.69) is 0 Å². The second-order valence-corrected chi connectivity index (χ2v) is 5.06. The lowest BCUT2D eigenvalue weighted by Crippen LogP contribution is -2.31. The number of carbonyl (C=O) groups excluding carboxylic acids is 1. The molecule has 2 rings (SSSR count). The zero-order valence-electron chi connectivity index (χ0n) is 11.1. The molecule has 3 nitrogen and oxygen atoms in total. The van der Waals surface area contributed by atoms with Gasteiger partial charge < -0.3 is 9.84 Å². The number of Topliss-reactive ketones (excluding diaryl/α,β-unsaturated/α-hetero) is 1. The highest BCUT2D eigenvalue weighted by Crippen LogP contribution is 2.27. The highest BCUT2D eigenvalue weighted by molar-refractivity contribution is 5.96. The summed E-state index contributed by atoms with van der Waals surface area (Å²) in [6.45, 7) is 1.42. The number of halogens is 1. The van der Waals surface area contributed by atoms with Crippen LogP contribution >= 0.6 is 0 Å². The summed E-state index contributed by atoms with van der Waals surface area (Å²) >= 11 is 0. The van der Waals surface area contributed by atoms with Crippen LogP contribution in [-0.2, 0) is 0 Å². The van der Waals surface area contributed by atoms with Gasteiger partial charge in [0.15, 0.2) is 5.78 Å². The Morgan fingerprint density at radius 2 is 2.05 bits per heavy atom. The van der Waals surface area contributed by atoms with Crippen molar-refractivity contribution in [3.05, 3.63) is 29.6 Å². The van der Waals surface area contributed by atoms with Crippen molar-refractivity contribution in [2.24, 2.45) is 0 Å². The van der Waals surface area contributed by atoms with E-state index >= 15 is 0 Å². The number of benzene rings is 1. The van der Waals surface area contributed by atoms with Gasteiger partial charge in [0, 0.05) is 6.07 Å². The number of aliphatic hydroxyl groups excluding tert-OH is 1. The molecule has 0 aliphatic heterocycles. The molecule has 0 radical (unpaired) electrons. The highest BCUT2D eigenvalue weighted by atomic mass is 19.1. The topological polar surface area (TPSA) is 46.5 Å². The van der Waals surface area contributed by atoms with Crippen LogP contribution in [-0.4, -0.2) is 23.1 Å². The normalized spacial score (nSPS) is 23.7. The number of hydrogen-bond acceptors (Lipinski definition) is 3. The molecule has 0 bridgehead atoms. The minimum Gasteiger partial charge on any atom is -0.487 e. The van der Waals surface area contributed by atoms with Gasteiger partial charge in [0.05, 0.1) is 11.7 Å². The number of aliphatic hydroxyl groups is 1. The van der Waals surface area contributed by atoms with Crippen LogP contribution in [0.15, 0.2) is 18.2 Å². The molecular formula is C15H19FO3. The van der Waals surface area contributed by atoms with Crippen LogP contribution in [0.3, 0.4) is 0 Å². The van der Waals surface area contributed by atoms with Crippen LogP contribution in [0.4, 0.5) is 4.39 Å². The number of carbonyl (C=O) groups is 1. The van der Waals surface area contributed by atoms with Crippen molar-refractivity contribution in [1.29, 1.82) is 0 Å². The minimum absolute atomic E-state index is 0.168. The fourth-order valence-corrected chi connectivity index (χ4v) is 2.44. The average Bonchev–Trinajstić information content (AvgIpc) is 2.55. The summed E-state index contributed by atoms with van der Waals surface area (Å²) in [6, 6.07) is 3.89. The number of ether oxygens (including phenoxy) is 1. The maximum atomic E-state index is 13.3. The standard InChI is InChI=1S/C15H19FO3/c1-10(17)12-8-7-11(16)9-15(12)19-14-6-4-2-3-5-13(14)18/h7-9,13-14,18H,2-6H2,1H3. The van der Waals surface area contributed by atoms with Gasteiger partial charge in [-0.3, -0.25) is 4.79 Å². The largest absolute Gasteiger partial charge is 0.487 e. The fraction of sp³-hybridized carbons (Fsp3) is 0.533. The van der Waals surface area contributed by atoms with Crippen molar-refractivity contribution in [3.8, 4) is 5.75 Å². The quantitative estimate of drug-likeness (QED) is 0.675. The zero-order valence-corrected chi connectivity index (χ0v) is 11.1. The van der Waals surface area contributed by atoms with E-state index in [1.54, 1.807) is 0 Å². The lowest BCUT2D eigenvalue weighted by Gasteiger charge is -2.23. The third-order valence-electron chi connectivity index (χ3n) is 3.52. The smallest absolute Gasteiger partial charge is 0.163 e. The maximum absolute atomic E-state index is 13.3. The van der Waals surface area contributed by atoms with Crippen molar-refractivity contribution < 1.29 is 19.0 Å². The van der Waals surface area contributed by atoms with Gasteiger partial charge in [0.1, 0.15) is 17.7 Å². The first-order chi connectivity index (χ1) is 9.08. The zero-order chi connectivity index (χ0) is 13.8. The molecule has 0 aromatic heterocycles. The molecule has 0 saturated heterocycles. The lowest BCUT2D eigenvalue weighted by molar-refractivity contribution is 0.0312. The molecule has 1 aromatic carbocycles. The van der Waals surface area contributed by atoms with E-state index in [1.807, 2.05) is 0 Å². The highest BCUT2D eigenvalue weighted by Gasteiger charge is 2.24. The predicted octanol–water partition coefficient (Wildman–Crippen LogP) is 3.10. The number of rotatable bonds is 3. The predicted molar refractivity (Wildman–Crippen MR) is 69.9 cm³/mol. The summed E-state index contributed by atoms with van der Waals surface area (Å²) in [4.78, 5) is 11.5. The van der Waals surface area contributed by atoms with Crippen LogP contribution in [0.5, 0.6) is 5.75 Å². The van der Waals surface area contributed by atoms with Crippen molar-refractivity contribution in [1.82, 2.24) is 0 Å². The van der Waals surface area contributed by atoms with Crippen LogP contribution in [0.25, 0.3) is 0 Å². The van der Waals surface area contributed by atoms with E-state index in [0.29, 0.717) is 12.0 Å². The van der Waals surface area contributed by atoms with Gasteiger partial charge in [0.2, 0.25) is 0 Å². The Bertz CT molecular complexity index is 459. The molecule has 1 aliphatic rings. The summed E-state index contributed by atoms with van der Waals surface area (Å²) in [6.07, 6.45) is 3.54. The fourth-order valence-electron chi connectivity index (χ4n) is 2.44. The van der Waals surface area contributed by atoms with Crippen LogP contribution in [0.1, 0.15) is 49.4 Å². The van der Waals surface area contributed by atoms with E-state index in [4.69, 9.17) is 4.74 Å². The lowest BCUT2D eigenvalue weighted by atomic mass is 10.1. The van der Waals surface area contributed by atoms with Crippen LogP contribution in [0.2, 0.25) is 0 Å². The molecule has 0 heterocycles. The second-order valence-electron chi connectivity index (χ2n) is 5.06. The first-order valence-electron chi connectivity index (χ1n) is 6.73. The molecule has 1 saturated carbocycles. The molecule has 0 amide bonds. The number of hydrogen-bond donors (Lipinski definition) is 1. The molecule has 104 valence electrons. The maximum Gasteiger partial charge on any atom is 0.163 e. The van der Waals surface area contributed by atoms with E-state index in [9.17, 15) is 14.3 Å². The van der Waals surface area contributed by atoms with Gasteiger partial charge >= 0.3 is 0 Å². The summed E-state index contributed by atoms with van der Waals surface area (Å²) in [5.74, 6) is -0.375. The molecule has 1 N–H and O–H groups in total. The SMILES string of the molecule is CC(=O)c1ccc(F)cc1OC1CCCCCC1O. The summed E-state index contributed by atoms with van der Waals surface area (Å²) in [7, 11) is 0. The molecule has 2 unspecified atom stereocenters. The summed E-state index contributed by atoms with van der Waals surface area (Å²) < 4.78 is 19.0. The third kappa shape index (κ3) is 3.53. The van der Waals surface area contributed by atoms with Crippen LogP contribution in [0, 0.1) is 5.82 Å². The first-order valence-corrected chi connectivity index (χ1v) is 6.73. The molecule has 1 aliphatic carbocycles. The summed E-state index contributed by atoms with van der Waals surface area (Å²) in [5, 5.41) is 10.0. The van der Waals surface area contributed by atoms with Gasteiger partial charge in [-0.05, 0) is 38.3 Å². The molecule has 2 atom stereocenters. The Labute approximate surface area is 112 Å². The Hall–Kier alpha value is -1.42. The Morgan fingerprint density at radius 3 is 2.79 bits per heavy atom. The average molecular weight is 266 g/mol. The van der Waals surface area contributed by atoms with E-state index in [0.717, 1.165) is 25.7 Å². The molecule has 4 heteroatoms. The molecule has 0 spiro atoms. The van der Waals surface area contributed by atoms with E-state index in [1.165, 1.54) is 25.1 Å². The van der Waals surface area contributed by atoms with E-state index < -0.39 is 11.9 Å². The first kappa shape index (κ1) is 14.0. The third-order valence-corrected chi connectivity index (χ3v) is 3.52. The van der Waals surface area contributed by atoms with Crippen LogP contribution < -0.4 is 4.74 Å². The van der Waals surface area contributed by atoms with Crippen molar-refractivity contribution >= 4 is 5.78 Å². The van der Waals surface area contributed by atoms with Crippen molar-refractivity contribution in [3.63, 3.8) is 0 Å². The van der Waals surface area contributed by atoms with E-state index in [-0.39, 0.29) is 17.6 Å². The van der Waals surface area contributed by atoms with Gasteiger partial charge in [-0.1, -0.05) is 12.8 Å².